The van der Waals surface area contributed by atoms with Gasteiger partial charge in [-0.05, 0) is 30.6 Å². The van der Waals surface area contributed by atoms with Gasteiger partial charge in [-0.25, -0.2) is 0 Å². The average Bonchev–Trinajstić information content (AvgIpc) is 2.46. The van der Waals surface area contributed by atoms with Crippen LogP contribution in [0.2, 0.25) is 0 Å². The molecule has 1 nitrogen and oxygen atoms in total. The molecule has 0 aromatic heterocycles. The van der Waals surface area contributed by atoms with Crippen LogP contribution in [0, 0.1) is 0 Å². The van der Waals surface area contributed by atoms with E-state index in [1.165, 1.54) is 11.1 Å². The lowest BCUT2D eigenvalue weighted by Crippen LogP contribution is -1.88. The first kappa shape index (κ1) is 9.78. The summed E-state index contributed by atoms with van der Waals surface area (Å²) in [5.74, 6) is 0.356. The first-order valence-electron chi connectivity index (χ1n) is 5.14. The lowest BCUT2D eigenvalue weighted by Gasteiger charge is -2.03. The standard InChI is InChI=1S/C14H14O/c15-14-8-4-7-13(9-10-14)11-12-5-2-1-3-6-12/h1-8,10,15H,9,11H2. The van der Waals surface area contributed by atoms with Crippen molar-refractivity contribution in [1.82, 2.24) is 0 Å². The lowest BCUT2D eigenvalue weighted by atomic mass is 10.0. The third kappa shape index (κ3) is 2.84. The van der Waals surface area contributed by atoms with Crippen LogP contribution in [0.25, 0.3) is 0 Å². The van der Waals surface area contributed by atoms with Crippen LogP contribution >= 0.6 is 0 Å². The Bertz CT molecular complexity index is 407. The molecule has 0 saturated heterocycles. The minimum Gasteiger partial charge on any atom is -0.508 e. The Morgan fingerprint density at radius 1 is 1.13 bits per heavy atom. The summed E-state index contributed by atoms with van der Waals surface area (Å²) in [5, 5.41) is 9.31. The van der Waals surface area contributed by atoms with Crippen LogP contribution in [0.3, 0.4) is 0 Å². The Morgan fingerprint density at radius 2 is 1.93 bits per heavy atom. The fourth-order valence-electron chi connectivity index (χ4n) is 1.64. The molecule has 0 bridgehead atoms. The van der Waals surface area contributed by atoms with Gasteiger partial charge in [-0.2, -0.15) is 0 Å². The molecule has 1 aliphatic carbocycles. The maximum atomic E-state index is 9.31. The molecule has 0 aliphatic heterocycles. The van der Waals surface area contributed by atoms with Gasteiger partial charge in [-0.1, -0.05) is 48.1 Å². The van der Waals surface area contributed by atoms with E-state index in [1.54, 1.807) is 6.08 Å². The Morgan fingerprint density at radius 3 is 2.73 bits per heavy atom. The van der Waals surface area contributed by atoms with Crippen molar-refractivity contribution in [1.29, 1.82) is 0 Å². The Balaban J connectivity index is 2.08. The molecule has 0 radical (unpaired) electrons. The Labute approximate surface area is 90.1 Å². The highest BCUT2D eigenvalue weighted by Crippen LogP contribution is 2.15. The summed E-state index contributed by atoms with van der Waals surface area (Å²) >= 11 is 0. The Hall–Kier alpha value is -1.76. The van der Waals surface area contributed by atoms with E-state index in [0.29, 0.717) is 5.76 Å². The zero-order valence-corrected chi connectivity index (χ0v) is 8.56. The second kappa shape index (κ2) is 4.65. The number of aliphatic hydroxyl groups is 1. The highest BCUT2D eigenvalue weighted by Gasteiger charge is 2.00. The second-order valence-electron chi connectivity index (χ2n) is 3.68. The fraction of sp³-hybridized carbons (Fsp3) is 0.143. The molecule has 0 atom stereocenters. The minimum absolute atomic E-state index is 0.356. The van der Waals surface area contributed by atoms with Crippen LogP contribution in [-0.4, -0.2) is 5.11 Å². The van der Waals surface area contributed by atoms with Crippen molar-refractivity contribution >= 4 is 0 Å². The van der Waals surface area contributed by atoms with Crippen LogP contribution in [0.15, 0.2) is 66.0 Å². The molecular formula is C14H14O. The number of hydrogen-bond donors (Lipinski definition) is 1. The molecule has 15 heavy (non-hydrogen) atoms. The minimum atomic E-state index is 0.356. The van der Waals surface area contributed by atoms with Crippen LogP contribution in [-0.2, 0) is 6.42 Å². The van der Waals surface area contributed by atoms with Crippen LogP contribution in [0.1, 0.15) is 12.0 Å². The summed E-state index contributed by atoms with van der Waals surface area (Å²) < 4.78 is 0. The maximum Gasteiger partial charge on any atom is 0.111 e. The molecule has 1 N–H and O–H groups in total. The molecule has 0 saturated carbocycles. The number of allylic oxidation sites excluding steroid dienone is 5. The van der Waals surface area contributed by atoms with E-state index in [-0.39, 0.29) is 0 Å². The number of benzene rings is 1. The van der Waals surface area contributed by atoms with Gasteiger partial charge in [0.1, 0.15) is 5.76 Å². The van der Waals surface area contributed by atoms with Crippen LogP contribution < -0.4 is 0 Å². The Kier molecular flexibility index (Phi) is 3.03. The third-order valence-electron chi connectivity index (χ3n) is 2.45. The summed E-state index contributed by atoms with van der Waals surface area (Å²) in [6.07, 6.45) is 9.32. The van der Waals surface area contributed by atoms with E-state index in [0.717, 1.165) is 12.8 Å². The molecule has 0 fully saturated rings. The van der Waals surface area contributed by atoms with Crippen LogP contribution in [0.4, 0.5) is 0 Å². The maximum absolute atomic E-state index is 9.31. The smallest absolute Gasteiger partial charge is 0.111 e. The zero-order chi connectivity index (χ0) is 10.5. The van der Waals surface area contributed by atoms with E-state index in [2.05, 4.69) is 30.3 Å². The van der Waals surface area contributed by atoms with E-state index in [1.807, 2.05) is 18.2 Å². The van der Waals surface area contributed by atoms with E-state index in [9.17, 15) is 5.11 Å². The van der Waals surface area contributed by atoms with Crippen molar-refractivity contribution in [3.63, 3.8) is 0 Å². The second-order valence-corrected chi connectivity index (χ2v) is 3.68. The zero-order valence-electron chi connectivity index (χ0n) is 8.56. The lowest BCUT2D eigenvalue weighted by molar-refractivity contribution is 0.430. The van der Waals surface area contributed by atoms with Crippen molar-refractivity contribution in [2.45, 2.75) is 12.8 Å². The summed E-state index contributed by atoms with van der Waals surface area (Å²) in [4.78, 5) is 0. The summed E-state index contributed by atoms with van der Waals surface area (Å²) in [7, 11) is 0. The van der Waals surface area contributed by atoms with E-state index in [4.69, 9.17) is 0 Å². The van der Waals surface area contributed by atoms with E-state index < -0.39 is 0 Å². The van der Waals surface area contributed by atoms with Crippen molar-refractivity contribution in [3.05, 3.63) is 71.5 Å². The normalized spacial score (nSPS) is 15.5. The monoisotopic (exact) mass is 198 g/mol. The van der Waals surface area contributed by atoms with Gasteiger partial charge in [-0.3, -0.25) is 0 Å². The predicted octanol–water partition coefficient (Wildman–Crippen LogP) is 3.56. The molecule has 76 valence electrons. The highest BCUT2D eigenvalue weighted by molar-refractivity contribution is 5.30. The SMILES string of the molecule is OC1=CCC(Cc2ccccc2)=CC=C1. The molecule has 1 aromatic carbocycles. The predicted molar refractivity (Wildman–Crippen MR) is 62.7 cm³/mol. The van der Waals surface area contributed by atoms with Gasteiger partial charge in [0.25, 0.3) is 0 Å². The molecule has 0 spiro atoms. The van der Waals surface area contributed by atoms with Gasteiger partial charge < -0.3 is 5.11 Å². The molecule has 0 unspecified atom stereocenters. The average molecular weight is 198 g/mol. The quantitative estimate of drug-likeness (QED) is 0.770. The first-order valence-corrected chi connectivity index (χ1v) is 5.14. The van der Waals surface area contributed by atoms with Crippen molar-refractivity contribution in [2.75, 3.05) is 0 Å². The molecule has 1 heteroatoms. The summed E-state index contributed by atoms with van der Waals surface area (Å²) in [6.45, 7) is 0. The molecule has 0 heterocycles. The van der Waals surface area contributed by atoms with E-state index >= 15 is 0 Å². The molecule has 1 aliphatic rings. The van der Waals surface area contributed by atoms with Crippen LogP contribution in [0.5, 0.6) is 0 Å². The molecule has 1 aromatic rings. The largest absolute Gasteiger partial charge is 0.508 e. The molecule has 2 rings (SSSR count). The van der Waals surface area contributed by atoms with Crippen molar-refractivity contribution in [3.8, 4) is 0 Å². The van der Waals surface area contributed by atoms with Crippen molar-refractivity contribution in [2.24, 2.45) is 0 Å². The number of rotatable bonds is 2. The highest BCUT2D eigenvalue weighted by atomic mass is 16.3. The fourth-order valence-corrected chi connectivity index (χ4v) is 1.64. The van der Waals surface area contributed by atoms with Gasteiger partial charge in [-0.15, -0.1) is 0 Å². The third-order valence-corrected chi connectivity index (χ3v) is 2.45. The van der Waals surface area contributed by atoms with Gasteiger partial charge in [0, 0.05) is 0 Å². The van der Waals surface area contributed by atoms with Gasteiger partial charge in [0.15, 0.2) is 0 Å². The van der Waals surface area contributed by atoms with Gasteiger partial charge in [0.2, 0.25) is 0 Å². The first-order chi connectivity index (χ1) is 7.34. The van der Waals surface area contributed by atoms with Gasteiger partial charge in [0.05, 0.1) is 0 Å². The molecule has 0 amide bonds. The number of aliphatic hydroxyl groups excluding tert-OH is 1. The van der Waals surface area contributed by atoms with Crippen molar-refractivity contribution < 1.29 is 5.11 Å². The topological polar surface area (TPSA) is 20.2 Å². The molecular weight excluding hydrogens is 184 g/mol. The van der Waals surface area contributed by atoms with Gasteiger partial charge >= 0.3 is 0 Å². The summed E-state index contributed by atoms with van der Waals surface area (Å²) in [6, 6.07) is 10.4. The number of hydrogen-bond acceptors (Lipinski definition) is 1. The summed E-state index contributed by atoms with van der Waals surface area (Å²) in [5.41, 5.74) is 2.63.